The highest BCUT2D eigenvalue weighted by Gasteiger charge is 2.09. The average molecular weight is 243 g/mol. The van der Waals surface area contributed by atoms with Crippen molar-refractivity contribution in [3.05, 3.63) is 0 Å². The van der Waals surface area contributed by atoms with Crippen molar-refractivity contribution in [3.8, 4) is 0 Å². The minimum Gasteiger partial charge on any atom is -0.358 e. The van der Waals surface area contributed by atoms with Crippen LogP contribution in [-0.2, 0) is 4.79 Å². The first-order valence-electron chi connectivity index (χ1n) is 7.19. The monoisotopic (exact) mass is 243 g/mol. The van der Waals surface area contributed by atoms with Crippen molar-refractivity contribution in [2.24, 2.45) is 0 Å². The number of Topliss-reactive ketones (excluding diaryl/α,β-unsaturated/α-hetero) is 1. The Labute approximate surface area is 107 Å². The van der Waals surface area contributed by atoms with Gasteiger partial charge in [0.2, 0.25) is 0 Å². The van der Waals surface area contributed by atoms with Crippen LogP contribution in [0, 0.1) is 0 Å². The summed E-state index contributed by atoms with van der Waals surface area (Å²) in [5.74, 6) is 0.265. The maximum Gasteiger partial charge on any atom is 0.146 e. The number of nitrogens with one attached hydrogen (secondary N) is 1. The second-order valence-corrected chi connectivity index (χ2v) is 4.92. The molecule has 0 saturated carbocycles. The molecular weight excluding hydrogens is 212 g/mol. The summed E-state index contributed by atoms with van der Waals surface area (Å²) in [5, 5.41) is 3.07. The topological polar surface area (TPSA) is 56.7 Å². The number of carbonyl (C=O) groups is 1. The van der Waals surface area contributed by atoms with Gasteiger partial charge in [-0.2, -0.15) is 0 Å². The van der Waals surface area contributed by atoms with Gasteiger partial charge in [0, 0.05) is 0 Å². The van der Waals surface area contributed by atoms with E-state index in [2.05, 4.69) is 11.1 Å². The van der Waals surface area contributed by atoms with E-state index < -0.39 is 0 Å². The zero-order chi connectivity index (χ0) is 12.9. The third kappa shape index (κ3) is 10.5. The molecule has 0 aromatic rings. The van der Waals surface area contributed by atoms with Crippen molar-refractivity contribution in [2.75, 3.05) is 13.6 Å². The number of rotatable bonds is 12. The Kier molecular flexibility index (Phi) is 11.8. The Morgan fingerprint density at radius 3 is 1.88 bits per heavy atom. The highest BCUT2D eigenvalue weighted by molar-refractivity contribution is 5.81. The molecule has 3 nitrogen and oxygen atoms in total. The average Bonchev–Trinajstić information content (AvgIpc) is 2.31. The Morgan fingerprint density at radius 1 is 1.00 bits per heavy atom. The Balaban J connectivity index is 3.20. The van der Waals surface area contributed by atoms with Gasteiger partial charge in [-0.15, -0.1) is 0 Å². The van der Waals surface area contributed by atoms with Crippen molar-refractivity contribution < 1.29 is 10.5 Å². The van der Waals surface area contributed by atoms with Gasteiger partial charge in [0.1, 0.15) is 5.78 Å². The first-order valence-corrected chi connectivity index (χ1v) is 7.19. The van der Waals surface area contributed by atoms with Crippen LogP contribution in [-0.4, -0.2) is 25.4 Å². The summed E-state index contributed by atoms with van der Waals surface area (Å²) < 4.78 is 0. The third-order valence-corrected chi connectivity index (χ3v) is 3.33. The molecule has 3 heteroatoms. The molecule has 1 atom stereocenters. The lowest BCUT2D eigenvalue weighted by Gasteiger charge is -2.11. The largest absolute Gasteiger partial charge is 0.358 e. The van der Waals surface area contributed by atoms with E-state index in [0.717, 1.165) is 13.0 Å². The van der Waals surface area contributed by atoms with Crippen LogP contribution >= 0.6 is 0 Å². The minimum atomic E-state index is 0.0760. The van der Waals surface area contributed by atoms with Crippen molar-refractivity contribution >= 4 is 5.78 Å². The summed E-state index contributed by atoms with van der Waals surface area (Å²) in [6.45, 7) is 2.75. The van der Waals surface area contributed by atoms with Crippen molar-refractivity contribution in [2.45, 2.75) is 70.8 Å². The lowest BCUT2D eigenvalue weighted by Crippen LogP contribution is -2.50. The Bertz CT molecular complexity index is 183. The molecule has 0 aromatic heterocycles. The smallest absolute Gasteiger partial charge is 0.146 e. The number of carbonyl (C=O) groups excluding carboxylic acids is 1. The fraction of sp³-hybridized carbons (Fsp3) is 0.929. The molecular formula is C14H31N2O+. The third-order valence-electron chi connectivity index (χ3n) is 3.33. The molecule has 0 saturated heterocycles. The standard InChI is InChI=1S/C14H30N2O/c1-13(17)14(16-2)11-9-7-5-3-4-6-8-10-12-15/h14,16H,3-12,15H2,1-2H3/p+1/t14-/m0/s1. The van der Waals surface area contributed by atoms with Gasteiger partial charge in [-0.05, 0) is 33.2 Å². The fourth-order valence-corrected chi connectivity index (χ4v) is 2.14. The van der Waals surface area contributed by atoms with E-state index in [0.29, 0.717) is 0 Å². The van der Waals surface area contributed by atoms with Crippen LogP contribution in [0.15, 0.2) is 0 Å². The van der Waals surface area contributed by atoms with Gasteiger partial charge in [-0.3, -0.25) is 4.79 Å². The van der Waals surface area contributed by atoms with Gasteiger partial charge in [0.25, 0.3) is 0 Å². The van der Waals surface area contributed by atoms with Crippen LogP contribution in [0.4, 0.5) is 0 Å². The molecule has 0 bridgehead atoms. The second-order valence-electron chi connectivity index (χ2n) is 4.92. The maximum atomic E-state index is 11.2. The number of unbranched alkanes of at least 4 members (excludes halogenated alkanes) is 7. The van der Waals surface area contributed by atoms with E-state index in [1.165, 1.54) is 51.4 Å². The number of hydrogen-bond donors (Lipinski definition) is 2. The van der Waals surface area contributed by atoms with Crippen LogP contribution in [0.25, 0.3) is 0 Å². The number of quaternary nitrogens is 1. The molecule has 0 rings (SSSR count). The molecule has 0 radical (unpaired) electrons. The summed E-state index contributed by atoms with van der Waals surface area (Å²) in [4.78, 5) is 11.2. The number of ketones is 1. The highest BCUT2D eigenvalue weighted by atomic mass is 16.1. The normalized spacial score (nSPS) is 12.6. The summed E-state index contributed by atoms with van der Waals surface area (Å²) in [6, 6.07) is 0.0760. The van der Waals surface area contributed by atoms with Crippen molar-refractivity contribution in [3.63, 3.8) is 0 Å². The summed E-state index contributed by atoms with van der Waals surface area (Å²) in [5.41, 5.74) is 3.85. The molecule has 102 valence electrons. The minimum absolute atomic E-state index is 0.0760. The lowest BCUT2D eigenvalue weighted by atomic mass is 10.0. The number of hydrogen-bond acceptors (Lipinski definition) is 2. The van der Waals surface area contributed by atoms with Crippen LogP contribution < -0.4 is 11.1 Å². The molecule has 0 heterocycles. The first kappa shape index (κ1) is 16.6. The van der Waals surface area contributed by atoms with Crippen molar-refractivity contribution in [1.82, 2.24) is 5.32 Å². The molecule has 0 unspecified atom stereocenters. The molecule has 0 fully saturated rings. The maximum absolute atomic E-state index is 11.2. The van der Waals surface area contributed by atoms with E-state index in [-0.39, 0.29) is 11.8 Å². The Hall–Kier alpha value is -0.410. The van der Waals surface area contributed by atoms with Crippen LogP contribution in [0.5, 0.6) is 0 Å². The van der Waals surface area contributed by atoms with Gasteiger partial charge in [0.05, 0.1) is 12.6 Å². The van der Waals surface area contributed by atoms with Crippen LogP contribution in [0.2, 0.25) is 0 Å². The van der Waals surface area contributed by atoms with Gasteiger partial charge in [-0.25, -0.2) is 0 Å². The summed E-state index contributed by atoms with van der Waals surface area (Å²) in [6.07, 6.45) is 11.4. The SMILES string of the molecule is CN[C@@H](CCCCCCCCCC[NH3+])C(C)=O. The lowest BCUT2D eigenvalue weighted by molar-refractivity contribution is -0.368. The van der Waals surface area contributed by atoms with Crippen LogP contribution in [0.3, 0.4) is 0 Å². The molecule has 0 aliphatic rings. The summed E-state index contributed by atoms with van der Waals surface area (Å²) in [7, 11) is 1.87. The van der Waals surface area contributed by atoms with Crippen LogP contribution in [0.1, 0.15) is 64.7 Å². The predicted octanol–water partition coefficient (Wildman–Crippen LogP) is 1.92. The van der Waals surface area contributed by atoms with Gasteiger partial charge in [0.15, 0.2) is 0 Å². The fourth-order valence-electron chi connectivity index (χ4n) is 2.14. The molecule has 0 spiro atoms. The first-order chi connectivity index (χ1) is 8.22. The highest BCUT2D eigenvalue weighted by Crippen LogP contribution is 2.10. The van der Waals surface area contributed by atoms with E-state index in [9.17, 15) is 4.79 Å². The quantitative estimate of drug-likeness (QED) is 0.515. The molecule has 4 N–H and O–H groups in total. The summed E-state index contributed by atoms with van der Waals surface area (Å²) >= 11 is 0. The molecule has 0 aliphatic carbocycles. The van der Waals surface area contributed by atoms with E-state index >= 15 is 0 Å². The molecule has 0 amide bonds. The zero-order valence-electron chi connectivity index (χ0n) is 11.8. The molecule has 0 aromatic carbocycles. The molecule has 0 aliphatic heterocycles. The number of likely N-dealkylation sites (N-methyl/N-ethyl adjacent to an activating group) is 1. The van der Waals surface area contributed by atoms with E-state index in [4.69, 9.17) is 0 Å². The molecule has 17 heavy (non-hydrogen) atoms. The van der Waals surface area contributed by atoms with Gasteiger partial charge in [-0.1, -0.05) is 38.5 Å². The van der Waals surface area contributed by atoms with E-state index in [1.807, 2.05) is 7.05 Å². The van der Waals surface area contributed by atoms with Gasteiger partial charge < -0.3 is 11.1 Å². The second kappa shape index (κ2) is 12.1. The van der Waals surface area contributed by atoms with Gasteiger partial charge >= 0.3 is 0 Å². The Morgan fingerprint density at radius 2 is 1.47 bits per heavy atom. The zero-order valence-corrected chi connectivity index (χ0v) is 11.8. The predicted molar refractivity (Wildman–Crippen MR) is 72.8 cm³/mol. The van der Waals surface area contributed by atoms with Crippen molar-refractivity contribution in [1.29, 1.82) is 0 Å². The van der Waals surface area contributed by atoms with E-state index in [1.54, 1.807) is 6.92 Å².